The Morgan fingerprint density at radius 2 is 1.56 bits per heavy atom. The molecule has 0 spiro atoms. The monoisotopic (exact) mass is 648 g/mol. The number of amides is 2. The first-order valence-electron chi connectivity index (χ1n) is 17.4. The molecule has 2 aromatic carbocycles. The Morgan fingerprint density at radius 3 is 2.31 bits per heavy atom. The molecule has 2 amide bonds. The number of nitrogens with zero attached hydrogens (tertiary/aromatic N) is 5. The number of piperazine rings is 1. The molecular formula is C38H44N6O4. The van der Waals surface area contributed by atoms with Gasteiger partial charge < -0.3 is 14.8 Å². The van der Waals surface area contributed by atoms with E-state index >= 15 is 0 Å². The fourth-order valence-electron chi connectivity index (χ4n) is 7.72. The summed E-state index contributed by atoms with van der Waals surface area (Å²) in [6.45, 7) is 10.00. The zero-order valence-corrected chi connectivity index (χ0v) is 27.9. The fourth-order valence-corrected chi connectivity index (χ4v) is 7.72. The van der Waals surface area contributed by atoms with E-state index in [1.807, 2.05) is 24.5 Å². The molecule has 1 atom stereocenters. The number of pyridine rings is 1. The molecule has 0 radical (unpaired) electrons. The van der Waals surface area contributed by atoms with E-state index in [1.165, 1.54) is 42.6 Å². The van der Waals surface area contributed by atoms with E-state index in [2.05, 4.69) is 42.9 Å². The zero-order chi connectivity index (χ0) is 33.4. The summed E-state index contributed by atoms with van der Waals surface area (Å²) in [4.78, 5) is 67.2. The fraction of sp³-hybridized carbons (Fsp3) is 0.447. The van der Waals surface area contributed by atoms with Crippen molar-refractivity contribution >= 4 is 56.6 Å². The van der Waals surface area contributed by atoms with Crippen molar-refractivity contribution < 1.29 is 19.2 Å². The van der Waals surface area contributed by atoms with Crippen LogP contribution in [0.2, 0.25) is 0 Å². The van der Waals surface area contributed by atoms with Crippen LogP contribution in [0, 0.1) is 5.92 Å². The Bertz CT molecular complexity index is 1870. The quantitative estimate of drug-likeness (QED) is 0.214. The lowest BCUT2D eigenvalue weighted by molar-refractivity contribution is -0.122. The highest BCUT2D eigenvalue weighted by molar-refractivity contribution is 6.23. The van der Waals surface area contributed by atoms with Crippen LogP contribution in [-0.4, -0.2) is 95.0 Å². The molecule has 0 bridgehead atoms. The molecule has 7 rings (SSSR count). The summed E-state index contributed by atoms with van der Waals surface area (Å²) in [6, 6.07) is 13.3. The minimum atomic E-state index is -0.917. The zero-order valence-electron chi connectivity index (χ0n) is 27.9. The van der Waals surface area contributed by atoms with Crippen molar-refractivity contribution in [2.24, 2.45) is 5.92 Å². The number of piperidine rings is 1. The highest BCUT2D eigenvalue weighted by atomic mass is 16.2. The van der Waals surface area contributed by atoms with Crippen LogP contribution in [0.1, 0.15) is 73.1 Å². The van der Waals surface area contributed by atoms with Gasteiger partial charge >= 0.3 is 0 Å². The second kappa shape index (κ2) is 13.5. The van der Waals surface area contributed by atoms with Crippen LogP contribution in [-0.2, 0) is 9.59 Å². The predicted molar refractivity (Wildman–Crippen MR) is 188 cm³/mol. The molecule has 4 aromatic rings. The molecule has 48 heavy (non-hydrogen) atoms. The normalized spacial score (nSPS) is 18.2. The number of imide groups is 1. The van der Waals surface area contributed by atoms with Crippen molar-refractivity contribution in [1.82, 2.24) is 19.8 Å². The number of H-pyrrole nitrogens is 1. The molecule has 10 heteroatoms. The lowest BCUT2D eigenvalue weighted by atomic mass is 9.93. The number of carbonyl (C=O) groups excluding carboxylic acids is 4. The summed E-state index contributed by atoms with van der Waals surface area (Å²) >= 11 is 0. The van der Waals surface area contributed by atoms with E-state index < -0.39 is 17.9 Å². The van der Waals surface area contributed by atoms with Gasteiger partial charge in [0.1, 0.15) is 5.78 Å². The first-order valence-corrected chi connectivity index (χ1v) is 17.4. The molecule has 1 unspecified atom stereocenters. The van der Waals surface area contributed by atoms with Crippen LogP contribution in [0.5, 0.6) is 0 Å². The van der Waals surface area contributed by atoms with Gasteiger partial charge in [0, 0.05) is 97.7 Å². The van der Waals surface area contributed by atoms with Crippen LogP contribution in [0.4, 0.5) is 11.4 Å². The van der Waals surface area contributed by atoms with Gasteiger partial charge in [0.05, 0.1) is 17.2 Å². The van der Waals surface area contributed by atoms with Crippen molar-refractivity contribution in [3.63, 3.8) is 0 Å². The number of benzene rings is 2. The Morgan fingerprint density at radius 1 is 0.854 bits per heavy atom. The second-order valence-corrected chi connectivity index (χ2v) is 13.6. The molecule has 3 aliphatic rings. The Labute approximate surface area is 281 Å². The number of aromatic amines is 1. The molecule has 2 saturated heterocycles. The van der Waals surface area contributed by atoms with Gasteiger partial charge in [-0.15, -0.1) is 0 Å². The molecular weight excluding hydrogens is 604 g/mol. The van der Waals surface area contributed by atoms with Crippen LogP contribution in [0.25, 0.3) is 21.8 Å². The Balaban J connectivity index is 0.893. The van der Waals surface area contributed by atoms with Gasteiger partial charge in [0.25, 0.3) is 11.8 Å². The number of nitrogens with one attached hydrogen (secondary N) is 1. The molecule has 0 aliphatic carbocycles. The molecule has 5 heterocycles. The van der Waals surface area contributed by atoms with Gasteiger partial charge in [-0.3, -0.25) is 34.0 Å². The van der Waals surface area contributed by atoms with Crippen LogP contribution in [0.3, 0.4) is 0 Å². The number of hydrogen-bond donors (Lipinski definition) is 1. The standard InChI is InChI=1S/C38H44N6O4/c1-3-29(46)6-9-36(25(2)45)44-37(47)31-8-5-27(22-32(31)38(44)48)43-20-18-41(19-21-43)15-11-26-12-16-42(17-13-26)28-4-7-30-33-24-39-14-10-34(33)40-35(30)23-28/h4-5,7-8,10,14,22-24,26,36,40H,3,6,9,11-13,15-21H2,1-2H3. The van der Waals surface area contributed by atoms with E-state index in [9.17, 15) is 19.2 Å². The van der Waals surface area contributed by atoms with Crippen molar-refractivity contribution in [2.75, 3.05) is 55.6 Å². The third kappa shape index (κ3) is 6.21. The van der Waals surface area contributed by atoms with Crippen LogP contribution >= 0.6 is 0 Å². The maximum atomic E-state index is 13.4. The van der Waals surface area contributed by atoms with E-state index in [0.717, 1.165) is 73.4 Å². The summed E-state index contributed by atoms with van der Waals surface area (Å²) in [5, 5.41) is 2.39. The first kappa shape index (κ1) is 32.0. The van der Waals surface area contributed by atoms with Gasteiger partial charge in [-0.1, -0.05) is 13.0 Å². The molecule has 3 aliphatic heterocycles. The molecule has 250 valence electrons. The Hall–Kier alpha value is -4.57. The number of carbonyl (C=O) groups is 4. The number of rotatable bonds is 11. The maximum Gasteiger partial charge on any atom is 0.262 e. The number of fused-ring (bicyclic) bond motifs is 4. The first-order chi connectivity index (χ1) is 23.3. The van der Waals surface area contributed by atoms with E-state index in [1.54, 1.807) is 19.1 Å². The Kier molecular flexibility index (Phi) is 9.00. The average Bonchev–Trinajstić information content (AvgIpc) is 3.61. The average molecular weight is 649 g/mol. The number of anilines is 2. The smallest absolute Gasteiger partial charge is 0.262 e. The van der Waals surface area contributed by atoms with Crippen molar-refractivity contribution in [1.29, 1.82) is 0 Å². The van der Waals surface area contributed by atoms with Crippen molar-refractivity contribution in [3.05, 3.63) is 66.0 Å². The molecule has 1 N–H and O–H groups in total. The molecule has 0 saturated carbocycles. The molecule has 2 fully saturated rings. The summed E-state index contributed by atoms with van der Waals surface area (Å²) in [5.41, 5.74) is 5.17. The van der Waals surface area contributed by atoms with E-state index in [-0.39, 0.29) is 24.4 Å². The number of Topliss-reactive ketones (excluding diaryl/α,β-unsaturated/α-hetero) is 2. The van der Waals surface area contributed by atoms with E-state index in [4.69, 9.17) is 0 Å². The van der Waals surface area contributed by atoms with Gasteiger partial charge in [-0.2, -0.15) is 0 Å². The largest absolute Gasteiger partial charge is 0.371 e. The highest BCUT2D eigenvalue weighted by Crippen LogP contribution is 2.33. The van der Waals surface area contributed by atoms with Crippen molar-refractivity contribution in [2.45, 2.75) is 58.4 Å². The van der Waals surface area contributed by atoms with Gasteiger partial charge in [-0.05, 0) is 81.5 Å². The number of aromatic nitrogens is 2. The lowest BCUT2D eigenvalue weighted by Crippen LogP contribution is -2.47. The van der Waals surface area contributed by atoms with E-state index in [0.29, 0.717) is 17.5 Å². The summed E-state index contributed by atoms with van der Waals surface area (Å²) in [7, 11) is 0. The van der Waals surface area contributed by atoms with Gasteiger partial charge in [0.2, 0.25) is 0 Å². The van der Waals surface area contributed by atoms with Crippen molar-refractivity contribution in [3.8, 4) is 0 Å². The molecule has 2 aromatic heterocycles. The summed E-state index contributed by atoms with van der Waals surface area (Å²) < 4.78 is 0. The molecule has 10 nitrogen and oxygen atoms in total. The number of hydrogen-bond acceptors (Lipinski definition) is 8. The minimum Gasteiger partial charge on any atom is -0.371 e. The van der Waals surface area contributed by atoms with Crippen LogP contribution < -0.4 is 9.80 Å². The highest BCUT2D eigenvalue weighted by Gasteiger charge is 2.42. The number of ketones is 2. The predicted octanol–water partition coefficient (Wildman–Crippen LogP) is 5.46. The maximum absolute atomic E-state index is 13.4. The summed E-state index contributed by atoms with van der Waals surface area (Å²) in [5.74, 6) is -0.435. The van der Waals surface area contributed by atoms with Crippen LogP contribution in [0.15, 0.2) is 54.9 Å². The lowest BCUT2D eigenvalue weighted by Gasteiger charge is -2.38. The summed E-state index contributed by atoms with van der Waals surface area (Å²) in [6.07, 6.45) is 8.07. The third-order valence-electron chi connectivity index (χ3n) is 10.7. The second-order valence-electron chi connectivity index (χ2n) is 13.6. The third-order valence-corrected chi connectivity index (χ3v) is 10.7. The van der Waals surface area contributed by atoms with Gasteiger partial charge in [0.15, 0.2) is 5.78 Å². The SMILES string of the molecule is CCC(=O)CCC(C(C)=O)N1C(=O)c2ccc(N3CCN(CCC4CCN(c5ccc6c(c5)[nH]c5ccncc56)CC4)CC3)cc2C1=O. The van der Waals surface area contributed by atoms with Gasteiger partial charge in [-0.25, -0.2) is 0 Å². The topological polar surface area (TPSA) is 110 Å². The minimum absolute atomic E-state index is 0.0126.